The zero-order valence-corrected chi connectivity index (χ0v) is 17.0. The summed E-state index contributed by atoms with van der Waals surface area (Å²) in [5.74, 6) is -0.715. The zero-order valence-electron chi connectivity index (χ0n) is 17.0. The minimum absolute atomic E-state index is 0.348. The van der Waals surface area contributed by atoms with Gasteiger partial charge in [0.15, 0.2) is 0 Å². The smallest absolute Gasteiger partial charge is 0.333 e. The lowest BCUT2D eigenvalue weighted by Crippen LogP contribution is -2.07. The SMILES string of the molecule is C=CC(=O)OCCCCc1ccc(-c2ccc(CCOC(=O)C(=C)C)cc2)cc1. The van der Waals surface area contributed by atoms with Crippen molar-refractivity contribution in [2.75, 3.05) is 13.2 Å². The number of unbranched alkanes of at least 4 members (excludes halogenated alkanes) is 1. The van der Waals surface area contributed by atoms with Crippen LogP contribution < -0.4 is 0 Å². The van der Waals surface area contributed by atoms with E-state index in [1.54, 1.807) is 6.92 Å². The van der Waals surface area contributed by atoms with Crippen molar-refractivity contribution in [1.82, 2.24) is 0 Å². The van der Waals surface area contributed by atoms with Gasteiger partial charge >= 0.3 is 11.9 Å². The quantitative estimate of drug-likeness (QED) is 0.304. The Hall–Kier alpha value is -3.14. The number of hydrogen-bond donors (Lipinski definition) is 0. The first-order valence-electron chi connectivity index (χ1n) is 9.79. The molecule has 0 aliphatic heterocycles. The number of hydrogen-bond acceptors (Lipinski definition) is 4. The molecule has 0 unspecified atom stereocenters. The molecule has 0 amide bonds. The number of ether oxygens (including phenoxy) is 2. The third kappa shape index (κ3) is 7.78. The van der Waals surface area contributed by atoms with Crippen LogP contribution in [0.2, 0.25) is 0 Å². The summed E-state index contributed by atoms with van der Waals surface area (Å²) in [6.45, 7) is 9.37. The molecule has 0 fully saturated rings. The molecule has 0 atom stereocenters. The molecule has 0 radical (unpaired) electrons. The molecule has 0 aliphatic carbocycles. The summed E-state index contributed by atoms with van der Waals surface area (Å²) in [6.07, 6.45) is 4.62. The van der Waals surface area contributed by atoms with Crippen LogP contribution in [-0.4, -0.2) is 25.2 Å². The molecule has 29 heavy (non-hydrogen) atoms. The minimum atomic E-state index is -0.367. The first kappa shape index (κ1) is 22.2. The molecular weight excluding hydrogens is 364 g/mol. The third-order valence-electron chi connectivity index (χ3n) is 4.48. The largest absolute Gasteiger partial charge is 0.463 e. The van der Waals surface area contributed by atoms with Gasteiger partial charge in [0, 0.05) is 18.1 Å². The molecule has 0 aromatic heterocycles. The van der Waals surface area contributed by atoms with Crippen LogP contribution in [0.3, 0.4) is 0 Å². The van der Waals surface area contributed by atoms with Crippen molar-refractivity contribution in [3.05, 3.63) is 84.5 Å². The number of aryl methyl sites for hydroxylation is 1. The molecule has 0 spiro atoms. The van der Waals surface area contributed by atoms with Gasteiger partial charge in [-0.1, -0.05) is 61.7 Å². The molecule has 2 aromatic carbocycles. The van der Waals surface area contributed by atoms with Crippen molar-refractivity contribution in [1.29, 1.82) is 0 Å². The van der Waals surface area contributed by atoms with Crippen LogP contribution in [0.1, 0.15) is 30.9 Å². The summed E-state index contributed by atoms with van der Waals surface area (Å²) in [6, 6.07) is 16.8. The maximum Gasteiger partial charge on any atom is 0.333 e. The first-order chi connectivity index (χ1) is 14.0. The van der Waals surface area contributed by atoms with Crippen molar-refractivity contribution >= 4 is 11.9 Å². The first-order valence-corrected chi connectivity index (χ1v) is 9.79. The van der Waals surface area contributed by atoms with Gasteiger partial charge < -0.3 is 9.47 Å². The Morgan fingerprint density at radius 2 is 1.38 bits per heavy atom. The lowest BCUT2D eigenvalue weighted by Gasteiger charge is -2.07. The van der Waals surface area contributed by atoms with E-state index in [0.717, 1.165) is 36.0 Å². The van der Waals surface area contributed by atoms with E-state index in [0.29, 0.717) is 25.2 Å². The van der Waals surface area contributed by atoms with Crippen molar-refractivity contribution in [2.24, 2.45) is 0 Å². The van der Waals surface area contributed by atoms with E-state index >= 15 is 0 Å². The van der Waals surface area contributed by atoms with Crippen LogP contribution >= 0.6 is 0 Å². The van der Waals surface area contributed by atoms with Gasteiger partial charge in [0.05, 0.1) is 13.2 Å². The highest BCUT2D eigenvalue weighted by Gasteiger charge is 2.04. The highest BCUT2D eigenvalue weighted by molar-refractivity contribution is 5.86. The van der Waals surface area contributed by atoms with E-state index in [2.05, 4.69) is 61.7 Å². The predicted octanol–water partition coefficient (Wildman–Crippen LogP) is 5.07. The molecule has 0 saturated heterocycles. The van der Waals surface area contributed by atoms with Gasteiger partial charge in [0.2, 0.25) is 0 Å². The van der Waals surface area contributed by atoms with Crippen LogP contribution in [0, 0.1) is 0 Å². The lowest BCUT2D eigenvalue weighted by molar-refractivity contribution is -0.139. The number of benzene rings is 2. The molecular formula is C25H28O4. The number of esters is 2. The highest BCUT2D eigenvalue weighted by atomic mass is 16.5. The van der Waals surface area contributed by atoms with Gasteiger partial charge in [-0.25, -0.2) is 9.59 Å². The van der Waals surface area contributed by atoms with E-state index < -0.39 is 0 Å². The highest BCUT2D eigenvalue weighted by Crippen LogP contribution is 2.21. The average molecular weight is 392 g/mol. The van der Waals surface area contributed by atoms with Crippen molar-refractivity contribution in [3.8, 4) is 11.1 Å². The van der Waals surface area contributed by atoms with Crippen LogP contribution in [0.15, 0.2) is 73.3 Å². The fourth-order valence-electron chi connectivity index (χ4n) is 2.78. The second kappa shape index (κ2) is 11.6. The van der Waals surface area contributed by atoms with E-state index in [4.69, 9.17) is 9.47 Å². The van der Waals surface area contributed by atoms with Gasteiger partial charge in [-0.2, -0.15) is 0 Å². The Kier molecular flexibility index (Phi) is 8.90. The summed E-state index contributed by atoms with van der Waals surface area (Å²) >= 11 is 0. The van der Waals surface area contributed by atoms with Crippen LogP contribution in [0.25, 0.3) is 11.1 Å². The maximum absolute atomic E-state index is 11.4. The van der Waals surface area contributed by atoms with Crippen LogP contribution in [-0.2, 0) is 31.9 Å². The summed E-state index contributed by atoms with van der Waals surface area (Å²) < 4.78 is 10.1. The van der Waals surface area contributed by atoms with Crippen LogP contribution in [0.4, 0.5) is 0 Å². The van der Waals surface area contributed by atoms with Gasteiger partial charge in [0.25, 0.3) is 0 Å². The molecule has 0 heterocycles. The summed E-state index contributed by atoms with van der Waals surface area (Å²) in [5, 5.41) is 0. The second-order valence-electron chi connectivity index (χ2n) is 6.89. The Morgan fingerprint density at radius 1 is 0.828 bits per heavy atom. The molecule has 0 aliphatic rings. The molecule has 0 bridgehead atoms. The van der Waals surface area contributed by atoms with Gasteiger partial charge in [-0.05, 0) is 48.4 Å². The topological polar surface area (TPSA) is 52.6 Å². The van der Waals surface area contributed by atoms with E-state index in [-0.39, 0.29) is 11.9 Å². The summed E-state index contributed by atoms with van der Waals surface area (Å²) in [5.41, 5.74) is 5.11. The van der Waals surface area contributed by atoms with Crippen molar-refractivity contribution in [3.63, 3.8) is 0 Å². The number of carbonyl (C=O) groups is 2. The monoisotopic (exact) mass is 392 g/mol. The van der Waals surface area contributed by atoms with E-state index in [1.165, 1.54) is 11.6 Å². The Labute approximate surface area is 172 Å². The maximum atomic E-state index is 11.4. The lowest BCUT2D eigenvalue weighted by atomic mass is 10.0. The Bertz CT molecular complexity index is 832. The average Bonchev–Trinajstić information content (AvgIpc) is 2.74. The van der Waals surface area contributed by atoms with Crippen molar-refractivity contribution in [2.45, 2.75) is 32.6 Å². The third-order valence-corrected chi connectivity index (χ3v) is 4.48. The Balaban J connectivity index is 1.78. The summed E-state index contributed by atoms with van der Waals surface area (Å²) in [7, 11) is 0. The molecule has 0 saturated carbocycles. The fourth-order valence-corrected chi connectivity index (χ4v) is 2.78. The predicted molar refractivity (Wildman–Crippen MR) is 115 cm³/mol. The molecule has 4 nitrogen and oxygen atoms in total. The fraction of sp³-hybridized carbons (Fsp3) is 0.280. The van der Waals surface area contributed by atoms with Gasteiger partial charge in [-0.3, -0.25) is 0 Å². The number of rotatable bonds is 11. The molecule has 4 heteroatoms. The molecule has 2 aromatic rings. The summed E-state index contributed by atoms with van der Waals surface area (Å²) in [4.78, 5) is 22.4. The van der Waals surface area contributed by atoms with Gasteiger partial charge in [0.1, 0.15) is 0 Å². The van der Waals surface area contributed by atoms with Crippen molar-refractivity contribution < 1.29 is 19.1 Å². The number of carbonyl (C=O) groups excluding carboxylic acids is 2. The molecule has 0 N–H and O–H groups in total. The molecule has 2 rings (SSSR count). The van der Waals surface area contributed by atoms with Crippen LogP contribution in [0.5, 0.6) is 0 Å². The zero-order chi connectivity index (χ0) is 21.1. The standard InChI is InChI=1S/C25H28O4/c1-4-24(26)28-17-6-5-7-20-8-12-22(13-9-20)23-14-10-21(11-15-23)16-18-29-25(27)19(2)3/h4,8-15H,1-2,5-7,16-18H2,3H3. The normalized spacial score (nSPS) is 10.2. The van der Waals surface area contributed by atoms with E-state index in [1.807, 2.05) is 0 Å². The van der Waals surface area contributed by atoms with E-state index in [9.17, 15) is 9.59 Å². The second-order valence-corrected chi connectivity index (χ2v) is 6.89. The minimum Gasteiger partial charge on any atom is -0.463 e. The Morgan fingerprint density at radius 3 is 1.90 bits per heavy atom. The molecule has 152 valence electrons. The van der Waals surface area contributed by atoms with Gasteiger partial charge in [-0.15, -0.1) is 0 Å².